The molecule has 0 atom stereocenters. The summed E-state index contributed by atoms with van der Waals surface area (Å²) >= 11 is 0. The average Bonchev–Trinajstić information content (AvgIpc) is 2.25. The number of aromatic carboxylic acids is 2. The second kappa shape index (κ2) is 5.16. The van der Waals surface area contributed by atoms with E-state index in [4.69, 9.17) is 14.9 Å². The van der Waals surface area contributed by atoms with E-state index in [1.54, 1.807) is 0 Å². The Morgan fingerprint density at radius 2 is 2.00 bits per heavy atom. The van der Waals surface area contributed by atoms with Crippen molar-refractivity contribution in [3.63, 3.8) is 0 Å². The molecule has 0 saturated heterocycles. The molecule has 90 valence electrons. The van der Waals surface area contributed by atoms with Gasteiger partial charge in [0.05, 0.1) is 5.56 Å². The summed E-state index contributed by atoms with van der Waals surface area (Å²) in [7, 11) is 0. The minimum absolute atomic E-state index is 0.0478. The van der Waals surface area contributed by atoms with E-state index < -0.39 is 11.9 Å². The Bertz CT molecular complexity index is 476. The quantitative estimate of drug-likeness (QED) is 0.763. The third kappa shape index (κ3) is 2.63. The molecule has 0 aliphatic rings. The van der Waals surface area contributed by atoms with Crippen LogP contribution in [0.3, 0.4) is 0 Å². The third-order valence-electron chi connectivity index (χ3n) is 2.23. The van der Waals surface area contributed by atoms with Crippen LogP contribution in [0.2, 0.25) is 0 Å². The van der Waals surface area contributed by atoms with Gasteiger partial charge in [0.15, 0.2) is 0 Å². The molecule has 2 N–H and O–H groups in total. The van der Waals surface area contributed by atoms with Crippen molar-refractivity contribution >= 4 is 11.9 Å². The highest BCUT2D eigenvalue weighted by atomic mass is 16.5. The van der Waals surface area contributed by atoms with Crippen LogP contribution < -0.4 is 4.74 Å². The van der Waals surface area contributed by atoms with Crippen LogP contribution in [0.5, 0.6) is 5.75 Å². The number of carbonyl (C=O) groups is 2. The monoisotopic (exact) mass is 236 g/mol. The molecule has 0 aliphatic heterocycles. The largest absolute Gasteiger partial charge is 0.489 e. The Balaban J connectivity index is 3.34. The minimum Gasteiger partial charge on any atom is -0.489 e. The molecule has 1 rings (SSSR count). The first-order chi connectivity index (χ1) is 7.99. The van der Waals surface area contributed by atoms with Gasteiger partial charge in [-0.1, -0.05) is 12.7 Å². The van der Waals surface area contributed by atoms with E-state index in [0.29, 0.717) is 0 Å². The summed E-state index contributed by atoms with van der Waals surface area (Å²) in [5.74, 6) is -2.25. The summed E-state index contributed by atoms with van der Waals surface area (Å²) in [4.78, 5) is 22.0. The van der Waals surface area contributed by atoms with Crippen molar-refractivity contribution in [2.75, 3.05) is 6.61 Å². The Kier molecular flexibility index (Phi) is 3.87. The molecular weight excluding hydrogens is 224 g/mol. The predicted molar refractivity (Wildman–Crippen MR) is 60.8 cm³/mol. The number of carboxylic acid groups (broad SMARTS) is 2. The van der Waals surface area contributed by atoms with Crippen molar-refractivity contribution in [2.45, 2.75) is 6.92 Å². The van der Waals surface area contributed by atoms with Crippen molar-refractivity contribution < 1.29 is 24.5 Å². The van der Waals surface area contributed by atoms with E-state index in [-0.39, 0.29) is 29.0 Å². The van der Waals surface area contributed by atoms with E-state index in [9.17, 15) is 9.59 Å². The first kappa shape index (κ1) is 12.8. The van der Waals surface area contributed by atoms with Crippen molar-refractivity contribution in [1.82, 2.24) is 0 Å². The summed E-state index contributed by atoms with van der Waals surface area (Å²) < 4.78 is 5.17. The number of hydrogen-bond donors (Lipinski definition) is 2. The Morgan fingerprint density at radius 3 is 2.47 bits per heavy atom. The molecule has 0 spiro atoms. The maximum Gasteiger partial charge on any atom is 0.339 e. The number of ether oxygens (including phenoxy) is 1. The molecule has 5 nitrogen and oxygen atoms in total. The molecule has 1 aromatic rings. The van der Waals surface area contributed by atoms with Crippen LogP contribution in [0.15, 0.2) is 24.8 Å². The fourth-order valence-corrected chi connectivity index (χ4v) is 1.45. The molecule has 0 radical (unpaired) electrons. The fraction of sp³-hybridized carbons (Fsp3) is 0.167. The lowest BCUT2D eigenvalue weighted by atomic mass is 10.0. The summed E-state index contributed by atoms with van der Waals surface area (Å²) in [6.07, 6.45) is 1.48. The first-order valence-corrected chi connectivity index (χ1v) is 4.83. The van der Waals surface area contributed by atoms with Crippen molar-refractivity contribution in [1.29, 1.82) is 0 Å². The topological polar surface area (TPSA) is 83.8 Å². The summed E-state index contributed by atoms with van der Waals surface area (Å²) in [6.45, 7) is 5.05. The molecule has 5 heteroatoms. The van der Waals surface area contributed by atoms with Gasteiger partial charge in [-0.3, -0.25) is 0 Å². The molecule has 0 fully saturated rings. The summed E-state index contributed by atoms with van der Waals surface area (Å²) in [5, 5.41) is 17.9. The van der Waals surface area contributed by atoms with E-state index in [2.05, 4.69) is 6.58 Å². The Morgan fingerprint density at radius 1 is 1.35 bits per heavy atom. The van der Waals surface area contributed by atoms with Gasteiger partial charge in [-0.05, 0) is 24.6 Å². The van der Waals surface area contributed by atoms with Crippen LogP contribution in [0.1, 0.15) is 26.3 Å². The van der Waals surface area contributed by atoms with Crippen LogP contribution >= 0.6 is 0 Å². The molecule has 0 saturated carbocycles. The van der Waals surface area contributed by atoms with Gasteiger partial charge in [0.1, 0.15) is 17.9 Å². The maximum atomic E-state index is 11.1. The van der Waals surface area contributed by atoms with Crippen molar-refractivity contribution in [2.24, 2.45) is 0 Å². The molecule has 0 heterocycles. The lowest BCUT2D eigenvalue weighted by Crippen LogP contribution is -2.10. The van der Waals surface area contributed by atoms with Gasteiger partial charge in [0.2, 0.25) is 0 Å². The Labute approximate surface area is 98.0 Å². The molecule has 0 aliphatic carbocycles. The number of rotatable bonds is 5. The first-order valence-electron chi connectivity index (χ1n) is 4.83. The van der Waals surface area contributed by atoms with Crippen LogP contribution in [-0.4, -0.2) is 28.8 Å². The SMILES string of the molecule is C=CCOc1ccc(C(=O)O)c(C)c1C(=O)O. The van der Waals surface area contributed by atoms with E-state index in [1.807, 2.05) is 0 Å². The number of hydrogen-bond acceptors (Lipinski definition) is 3. The van der Waals surface area contributed by atoms with E-state index in [1.165, 1.54) is 25.1 Å². The highest BCUT2D eigenvalue weighted by Crippen LogP contribution is 2.25. The van der Waals surface area contributed by atoms with Gasteiger partial charge in [-0.2, -0.15) is 0 Å². The molecule has 17 heavy (non-hydrogen) atoms. The van der Waals surface area contributed by atoms with Gasteiger partial charge < -0.3 is 14.9 Å². The average molecular weight is 236 g/mol. The van der Waals surface area contributed by atoms with Crippen LogP contribution in [-0.2, 0) is 0 Å². The highest BCUT2D eigenvalue weighted by Gasteiger charge is 2.20. The van der Waals surface area contributed by atoms with Crippen molar-refractivity contribution in [3.8, 4) is 5.75 Å². The van der Waals surface area contributed by atoms with Crippen LogP contribution in [0, 0.1) is 6.92 Å². The second-order valence-corrected chi connectivity index (χ2v) is 3.32. The number of benzene rings is 1. The molecule has 0 aromatic heterocycles. The van der Waals surface area contributed by atoms with Gasteiger partial charge in [0.25, 0.3) is 0 Å². The minimum atomic E-state index is -1.22. The third-order valence-corrected chi connectivity index (χ3v) is 2.23. The van der Waals surface area contributed by atoms with E-state index >= 15 is 0 Å². The molecule has 0 amide bonds. The summed E-state index contributed by atoms with van der Waals surface area (Å²) in [5.41, 5.74) is -0.00772. The number of carboxylic acids is 2. The zero-order chi connectivity index (χ0) is 13.0. The van der Waals surface area contributed by atoms with Gasteiger partial charge in [0, 0.05) is 0 Å². The molecule has 1 aromatic carbocycles. The standard InChI is InChI=1S/C12H12O5/c1-3-6-17-9-5-4-8(11(13)14)7(2)10(9)12(15)16/h3-5H,1,6H2,2H3,(H,13,14)(H,15,16). The maximum absolute atomic E-state index is 11.1. The molecule has 0 bridgehead atoms. The predicted octanol–water partition coefficient (Wildman–Crippen LogP) is 1.96. The molecular formula is C12H12O5. The lowest BCUT2D eigenvalue weighted by Gasteiger charge is -2.11. The smallest absolute Gasteiger partial charge is 0.339 e. The van der Waals surface area contributed by atoms with Gasteiger partial charge in [-0.15, -0.1) is 0 Å². The summed E-state index contributed by atoms with van der Waals surface area (Å²) in [6, 6.07) is 2.66. The van der Waals surface area contributed by atoms with Crippen LogP contribution in [0.4, 0.5) is 0 Å². The second-order valence-electron chi connectivity index (χ2n) is 3.32. The van der Waals surface area contributed by atoms with Gasteiger partial charge in [-0.25, -0.2) is 9.59 Å². The molecule has 0 unspecified atom stereocenters. The normalized spacial score (nSPS) is 9.71. The van der Waals surface area contributed by atoms with E-state index in [0.717, 1.165) is 0 Å². The lowest BCUT2D eigenvalue weighted by molar-refractivity contribution is 0.0692. The van der Waals surface area contributed by atoms with Gasteiger partial charge >= 0.3 is 11.9 Å². The van der Waals surface area contributed by atoms with Crippen LogP contribution in [0.25, 0.3) is 0 Å². The Hall–Kier alpha value is -2.30. The zero-order valence-electron chi connectivity index (χ0n) is 9.27. The fourth-order valence-electron chi connectivity index (χ4n) is 1.45. The highest BCUT2D eigenvalue weighted by molar-refractivity contribution is 5.98. The van der Waals surface area contributed by atoms with Crippen molar-refractivity contribution in [3.05, 3.63) is 41.5 Å². The zero-order valence-corrected chi connectivity index (χ0v) is 9.27.